The predicted molar refractivity (Wildman–Crippen MR) is 119 cm³/mol. The van der Waals surface area contributed by atoms with Crippen molar-refractivity contribution in [3.63, 3.8) is 0 Å². The monoisotopic (exact) mass is 489 g/mol. The normalized spacial score (nSPS) is 17.4. The number of anilines is 1. The smallest absolute Gasteiger partial charge is 0.335 e. The van der Waals surface area contributed by atoms with Crippen molar-refractivity contribution in [2.24, 2.45) is 0 Å². The van der Waals surface area contributed by atoms with Gasteiger partial charge in [0.15, 0.2) is 4.75 Å². The van der Waals surface area contributed by atoms with E-state index in [0.717, 1.165) is 21.8 Å². The number of rotatable bonds is 7. The van der Waals surface area contributed by atoms with E-state index in [1.54, 1.807) is 25.2 Å². The molecule has 0 radical (unpaired) electrons. The van der Waals surface area contributed by atoms with Gasteiger partial charge in [-0.05, 0) is 23.8 Å². The molecule has 0 N–H and O–H groups in total. The first-order chi connectivity index (χ1) is 14.3. The van der Waals surface area contributed by atoms with Gasteiger partial charge >= 0.3 is 11.9 Å². The van der Waals surface area contributed by atoms with Gasteiger partial charge in [-0.3, -0.25) is 9.59 Å². The van der Waals surface area contributed by atoms with Crippen LogP contribution in [-0.4, -0.2) is 37.8 Å². The van der Waals surface area contributed by atoms with Gasteiger partial charge in [-0.1, -0.05) is 52.8 Å². The molecule has 0 aliphatic carbocycles. The zero-order valence-electron chi connectivity index (χ0n) is 16.5. The van der Waals surface area contributed by atoms with Gasteiger partial charge in [0.05, 0.1) is 18.4 Å². The lowest BCUT2D eigenvalue weighted by Gasteiger charge is -2.28. The third-order valence-electron chi connectivity index (χ3n) is 4.81. The van der Waals surface area contributed by atoms with E-state index in [0.29, 0.717) is 11.3 Å². The number of hydrogen-bond acceptors (Lipinski definition) is 6. The fourth-order valence-electron chi connectivity index (χ4n) is 3.28. The van der Waals surface area contributed by atoms with Crippen molar-refractivity contribution in [3.05, 3.63) is 76.3 Å². The number of likely N-dealkylation sites (N-methyl/N-ethyl adjacent to an activating group) is 1. The molecule has 0 saturated heterocycles. The first kappa shape index (κ1) is 22.1. The quantitative estimate of drug-likeness (QED) is 0.434. The summed E-state index contributed by atoms with van der Waals surface area (Å²) in [5.41, 5.74) is 2.02. The molecule has 8 heteroatoms. The first-order valence-electron chi connectivity index (χ1n) is 9.00. The molecular formula is C22H20BrNO5S. The number of fused-ring (bicyclic) bond motifs is 1. The minimum Gasteiger partial charge on any atom is -0.466 e. The Morgan fingerprint density at radius 3 is 2.57 bits per heavy atom. The van der Waals surface area contributed by atoms with E-state index in [-0.39, 0.29) is 23.8 Å². The second-order valence-electron chi connectivity index (χ2n) is 6.61. The molecule has 1 aliphatic heterocycles. The van der Waals surface area contributed by atoms with Gasteiger partial charge in [-0.25, -0.2) is 4.79 Å². The molecule has 0 saturated carbocycles. The summed E-state index contributed by atoms with van der Waals surface area (Å²) in [4.78, 5) is 39.6. The molecule has 0 bridgehead atoms. The molecule has 30 heavy (non-hydrogen) atoms. The highest BCUT2D eigenvalue weighted by Gasteiger charge is 2.55. The molecule has 1 atom stereocenters. The Kier molecular flexibility index (Phi) is 6.67. The number of amides is 1. The number of carbonyl (C=O) groups excluding carboxylic acids is 3. The van der Waals surface area contributed by atoms with Gasteiger partial charge < -0.3 is 14.4 Å². The highest BCUT2D eigenvalue weighted by Crippen LogP contribution is 2.53. The van der Waals surface area contributed by atoms with Crippen LogP contribution >= 0.6 is 27.7 Å². The van der Waals surface area contributed by atoms with Crippen LogP contribution in [0.15, 0.2) is 65.2 Å². The minimum atomic E-state index is -1.48. The SMILES string of the molecule is C=C(C(=O)OC)C1(SCC(=O)OCc2ccccc2)C(=O)N(C)c2ccc(Br)cc21. The summed E-state index contributed by atoms with van der Waals surface area (Å²) in [5, 5.41) is 0. The summed E-state index contributed by atoms with van der Waals surface area (Å²) in [5.74, 6) is -1.73. The first-order valence-corrected chi connectivity index (χ1v) is 10.8. The molecule has 1 amide bonds. The number of carbonyl (C=O) groups is 3. The van der Waals surface area contributed by atoms with Crippen molar-refractivity contribution in [2.45, 2.75) is 11.4 Å². The standard InChI is InChI=1S/C22H20BrNO5S/c1-14(20(26)28-3)22(17-11-16(23)9-10-18(17)24(2)21(22)27)30-13-19(25)29-12-15-7-5-4-6-8-15/h4-11H,1,12-13H2,2-3H3. The van der Waals surface area contributed by atoms with E-state index < -0.39 is 16.7 Å². The highest BCUT2D eigenvalue weighted by atomic mass is 79.9. The zero-order valence-corrected chi connectivity index (χ0v) is 18.9. The van der Waals surface area contributed by atoms with E-state index in [4.69, 9.17) is 9.47 Å². The Labute approximate surface area is 187 Å². The van der Waals surface area contributed by atoms with Crippen molar-refractivity contribution < 1.29 is 23.9 Å². The molecule has 3 rings (SSSR count). The number of esters is 2. The van der Waals surface area contributed by atoms with Crippen LogP contribution in [0.4, 0.5) is 5.69 Å². The lowest BCUT2D eigenvalue weighted by molar-refractivity contribution is -0.141. The van der Waals surface area contributed by atoms with Crippen LogP contribution in [0.1, 0.15) is 11.1 Å². The van der Waals surface area contributed by atoms with Gasteiger partial charge in [0.25, 0.3) is 5.91 Å². The van der Waals surface area contributed by atoms with Crippen LogP contribution < -0.4 is 4.90 Å². The number of thioether (sulfide) groups is 1. The maximum Gasteiger partial charge on any atom is 0.335 e. The van der Waals surface area contributed by atoms with Crippen LogP contribution in [0.3, 0.4) is 0 Å². The van der Waals surface area contributed by atoms with Gasteiger partial charge in [0.2, 0.25) is 0 Å². The largest absolute Gasteiger partial charge is 0.466 e. The van der Waals surface area contributed by atoms with Crippen molar-refractivity contribution in [1.29, 1.82) is 0 Å². The summed E-state index contributed by atoms with van der Waals surface area (Å²) >= 11 is 4.42. The molecule has 6 nitrogen and oxygen atoms in total. The second kappa shape index (κ2) is 9.06. The van der Waals surface area contributed by atoms with Crippen LogP contribution in [0, 0.1) is 0 Å². The number of ether oxygens (including phenoxy) is 2. The van der Waals surface area contributed by atoms with E-state index >= 15 is 0 Å². The molecular weight excluding hydrogens is 470 g/mol. The van der Waals surface area contributed by atoms with Crippen LogP contribution in [0.2, 0.25) is 0 Å². The molecule has 1 aliphatic rings. The second-order valence-corrected chi connectivity index (χ2v) is 8.72. The molecule has 0 aromatic heterocycles. The Morgan fingerprint density at radius 1 is 1.20 bits per heavy atom. The Hall–Kier alpha value is -2.58. The average molecular weight is 490 g/mol. The molecule has 156 valence electrons. The molecule has 2 aromatic rings. The highest BCUT2D eigenvalue weighted by molar-refractivity contribution is 9.10. The molecule has 1 heterocycles. The van der Waals surface area contributed by atoms with Crippen molar-refractivity contribution in [1.82, 2.24) is 0 Å². The van der Waals surface area contributed by atoms with E-state index in [1.807, 2.05) is 30.3 Å². The van der Waals surface area contributed by atoms with E-state index in [1.165, 1.54) is 12.0 Å². The third kappa shape index (κ3) is 4.02. The maximum absolute atomic E-state index is 13.3. The van der Waals surface area contributed by atoms with Crippen molar-refractivity contribution in [2.75, 3.05) is 24.8 Å². The number of nitrogens with zero attached hydrogens (tertiary/aromatic N) is 1. The van der Waals surface area contributed by atoms with Gasteiger partial charge in [-0.15, -0.1) is 11.8 Å². The Balaban J connectivity index is 1.88. The lowest BCUT2D eigenvalue weighted by Crippen LogP contribution is -2.40. The Morgan fingerprint density at radius 2 is 1.90 bits per heavy atom. The number of halogens is 1. The Bertz CT molecular complexity index is 1010. The van der Waals surface area contributed by atoms with Crippen LogP contribution in [0.25, 0.3) is 0 Å². The molecule has 0 spiro atoms. The fraction of sp³-hybridized carbons (Fsp3) is 0.227. The lowest BCUT2D eigenvalue weighted by atomic mass is 9.92. The summed E-state index contributed by atoms with van der Waals surface area (Å²) in [6.07, 6.45) is 0. The molecule has 2 aromatic carbocycles. The summed E-state index contributed by atoms with van der Waals surface area (Å²) in [7, 11) is 2.85. The molecule has 1 unspecified atom stereocenters. The van der Waals surface area contributed by atoms with Gasteiger partial charge in [0, 0.05) is 22.8 Å². The summed E-state index contributed by atoms with van der Waals surface area (Å²) in [6.45, 7) is 3.98. The van der Waals surface area contributed by atoms with Crippen molar-refractivity contribution in [3.8, 4) is 0 Å². The van der Waals surface area contributed by atoms with Crippen molar-refractivity contribution >= 4 is 51.2 Å². The van der Waals surface area contributed by atoms with E-state index in [2.05, 4.69) is 22.5 Å². The third-order valence-corrected chi connectivity index (χ3v) is 6.76. The predicted octanol–water partition coefficient (Wildman–Crippen LogP) is 3.83. The van der Waals surface area contributed by atoms with E-state index in [9.17, 15) is 14.4 Å². The minimum absolute atomic E-state index is 0.0421. The van der Waals surface area contributed by atoms with Gasteiger partial charge in [-0.2, -0.15) is 0 Å². The number of benzene rings is 2. The van der Waals surface area contributed by atoms with Crippen LogP contribution in [0.5, 0.6) is 0 Å². The summed E-state index contributed by atoms with van der Waals surface area (Å²) < 4.78 is 9.43. The van der Waals surface area contributed by atoms with Crippen LogP contribution in [-0.2, 0) is 35.2 Å². The number of hydrogen-bond donors (Lipinski definition) is 0. The zero-order chi connectivity index (χ0) is 21.9. The average Bonchev–Trinajstić information content (AvgIpc) is 2.97. The van der Waals surface area contributed by atoms with Gasteiger partial charge in [0.1, 0.15) is 6.61 Å². The summed E-state index contributed by atoms with van der Waals surface area (Å²) in [6, 6.07) is 14.6. The number of methoxy groups -OCH3 is 1. The fourth-order valence-corrected chi connectivity index (χ4v) is 4.89. The maximum atomic E-state index is 13.3. The molecule has 0 fully saturated rings. The topological polar surface area (TPSA) is 72.9 Å².